The zero-order valence-electron chi connectivity index (χ0n) is 12.5. The number of piperazine rings is 1. The molecule has 1 aliphatic rings. The van der Waals surface area contributed by atoms with Gasteiger partial charge in [-0.25, -0.2) is 0 Å². The molecule has 22 heavy (non-hydrogen) atoms. The summed E-state index contributed by atoms with van der Waals surface area (Å²) in [4.78, 5) is 16.6. The van der Waals surface area contributed by atoms with Gasteiger partial charge in [-0.2, -0.15) is 0 Å². The molecular formula is C16H18ClN3O2. The van der Waals surface area contributed by atoms with Crippen LogP contribution in [-0.2, 0) is 6.54 Å². The van der Waals surface area contributed by atoms with Crippen LogP contribution in [0.2, 0.25) is 5.02 Å². The van der Waals surface area contributed by atoms with Gasteiger partial charge in [0.15, 0.2) is 0 Å². The normalized spacial score (nSPS) is 16.0. The lowest BCUT2D eigenvalue weighted by atomic mass is 10.2. The van der Waals surface area contributed by atoms with Crippen molar-refractivity contribution >= 4 is 17.5 Å². The fourth-order valence-corrected chi connectivity index (χ4v) is 2.83. The van der Waals surface area contributed by atoms with Crippen LogP contribution >= 0.6 is 11.6 Å². The van der Waals surface area contributed by atoms with E-state index >= 15 is 0 Å². The van der Waals surface area contributed by atoms with E-state index in [0.717, 1.165) is 31.1 Å². The maximum absolute atomic E-state index is 12.4. The molecule has 0 aliphatic carbocycles. The number of nitrogens with zero attached hydrogens (tertiary/aromatic N) is 3. The first-order valence-electron chi connectivity index (χ1n) is 7.31. The topological polar surface area (TPSA) is 49.6 Å². The first-order chi connectivity index (χ1) is 10.6. The van der Waals surface area contributed by atoms with E-state index in [4.69, 9.17) is 16.1 Å². The highest BCUT2D eigenvalue weighted by Crippen LogP contribution is 2.15. The van der Waals surface area contributed by atoms with Crippen LogP contribution in [0, 0.1) is 6.92 Å². The SMILES string of the molecule is Cc1cc(CN2CCN(C(=O)c3cccc(Cl)c3)CC2)no1. The van der Waals surface area contributed by atoms with Gasteiger partial charge in [-0.05, 0) is 25.1 Å². The number of rotatable bonds is 3. The highest BCUT2D eigenvalue weighted by atomic mass is 35.5. The summed E-state index contributed by atoms with van der Waals surface area (Å²) in [5, 5.41) is 4.60. The number of amides is 1. The first-order valence-corrected chi connectivity index (χ1v) is 7.69. The first kappa shape index (κ1) is 15.1. The number of aryl methyl sites for hydroxylation is 1. The van der Waals surface area contributed by atoms with Gasteiger partial charge in [-0.3, -0.25) is 9.69 Å². The molecule has 2 heterocycles. The van der Waals surface area contributed by atoms with E-state index in [2.05, 4.69) is 10.1 Å². The molecule has 2 aromatic rings. The molecule has 1 aromatic heterocycles. The average Bonchev–Trinajstić information content (AvgIpc) is 2.92. The predicted octanol–water partition coefficient (Wildman–Crippen LogP) is 2.59. The lowest BCUT2D eigenvalue weighted by Gasteiger charge is -2.34. The van der Waals surface area contributed by atoms with Gasteiger partial charge < -0.3 is 9.42 Å². The van der Waals surface area contributed by atoms with E-state index in [0.29, 0.717) is 23.7 Å². The number of carbonyl (C=O) groups excluding carboxylic acids is 1. The Balaban J connectivity index is 1.56. The third-order valence-electron chi connectivity index (χ3n) is 3.79. The Morgan fingerprint density at radius 2 is 2.05 bits per heavy atom. The molecule has 0 unspecified atom stereocenters. The van der Waals surface area contributed by atoms with Crippen molar-refractivity contribution in [1.29, 1.82) is 0 Å². The number of aromatic nitrogens is 1. The van der Waals surface area contributed by atoms with Gasteiger partial charge in [0.05, 0.1) is 5.69 Å². The van der Waals surface area contributed by atoms with Gasteiger partial charge in [-0.1, -0.05) is 22.8 Å². The highest BCUT2D eigenvalue weighted by molar-refractivity contribution is 6.30. The third-order valence-corrected chi connectivity index (χ3v) is 4.03. The summed E-state index contributed by atoms with van der Waals surface area (Å²) in [5.74, 6) is 0.865. The molecule has 0 radical (unpaired) electrons. The van der Waals surface area contributed by atoms with Crippen molar-refractivity contribution in [2.45, 2.75) is 13.5 Å². The van der Waals surface area contributed by atoms with Crippen LogP contribution in [0.25, 0.3) is 0 Å². The zero-order valence-corrected chi connectivity index (χ0v) is 13.2. The van der Waals surface area contributed by atoms with E-state index in [1.807, 2.05) is 17.9 Å². The number of carbonyl (C=O) groups is 1. The van der Waals surface area contributed by atoms with Gasteiger partial charge in [-0.15, -0.1) is 0 Å². The van der Waals surface area contributed by atoms with Crippen LogP contribution in [-0.4, -0.2) is 47.0 Å². The van der Waals surface area contributed by atoms with Crippen LogP contribution < -0.4 is 0 Å². The van der Waals surface area contributed by atoms with Crippen LogP contribution in [0.1, 0.15) is 21.8 Å². The van der Waals surface area contributed by atoms with Crippen LogP contribution in [0.5, 0.6) is 0 Å². The fourth-order valence-electron chi connectivity index (χ4n) is 2.63. The summed E-state index contributed by atoms with van der Waals surface area (Å²) in [5.41, 5.74) is 1.58. The summed E-state index contributed by atoms with van der Waals surface area (Å²) in [7, 11) is 0. The van der Waals surface area contributed by atoms with Crippen molar-refractivity contribution in [2.75, 3.05) is 26.2 Å². The Labute approximate surface area is 134 Å². The predicted molar refractivity (Wildman–Crippen MR) is 83.9 cm³/mol. The number of halogens is 1. The van der Waals surface area contributed by atoms with E-state index in [-0.39, 0.29) is 5.91 Å². The molecule has 0 bridgehead atoms. The van der Waals surface area contributed by atoms with Crippen molar-refractivity contribution in [3.8, 4) is 0 Å². The molecule has 1 aliphatic heterocycles. The molecule has 1 aromatic carbocycles. The van der Waals surface area contributed by atoms with Crippen molar-refractivity contribution in [1.82, 2.24) is 15.0 Å². The number of hydrogen-bond acceptors (Lipinski definition) is 4. The molecule has 0 N–H and O–H groups in total. The quantitative estimate of drug-likeness (QED) is 0.872. The number of hydrogen-bond donors (Lipinski definition) is 0. The summed E-state index contributed by atoms with van der Waals surface area (Å²) in [6.45, 7) is 5.73. The lowest BCUT2D eigenvalue weighted by Crippen LogP contribution is -2.48. The van der Waals surface area contributed by atoms with Crippen molar-refractivity contribution < 1.29 is 9.32 Å². The van der Waals surface area contributed by atoms with Crippen LogP contribution in [0.4, 0.5) is 0 Å². The maximum Gasteiger partial charge on any atom is 0.253 e. The minimum absolute atomic E-state index is 0.0411. The van der Waals surface area contributed by atoms with Crippen LogP contribution in [0.3, 0.4) is 0 Å². The van der Waals surface area contributed by atoms with Crippen LogP contribution in [0.15, 0.2) is 34.9 Å². The number of benzene rings is 1. The fraction of sp³-hybridized carbons (Fsp3) is 0.375. The maximum atomic E-state index is 12.4. The van der Waals surface area contributed by atoms with Gasteiger partial charge in [0.1, 0.15) is 5.76 Å². The summed E-state index contributed by atoms with van der Waals surface area (Å²) in [6.07, 6.45) is 0. The molecule has 0 spiro atoms. The second kappa shape index (κ2) is 6.50. The monoisotopic (exact) mass is 319 g/mol. The summed E-state index contributed by atoms with van der Waals surface area (Å²) < 4.78 is 5.08. The molecule has 5 nitrogen and oxygen atoms in total. The molecule has 0 saturated carbocycles. The molecule has 1 fully saturated rings. The second-order valence-electron chi connectivity index (χ2n) is 5.51. The van der Waals surface area contributed by atoms with Gasteiger partial charge in [0.2, 0.25) is 0 Å². The Morgan fingerprint density at radius 3 is 2.68 bits per heavy atom. The molecule has 0 atom stereocenters. The standard InChI is InChI=1S/C16H18ClN3O2/c1-12-9-15(18-22-12)11-19-5-7-20(8-6-19)16(21)13-3-2-4-14(17)10-13/h2-4,9-10H,5-8,11H2,1H3. The third kappa shape index (κ3) is 3.48. The second-order valence-corrected chi connectivity index (χ2v) is 5.94. The van der Waals surface area contributed by atoms with Gasteiger partial charge in [0, 0.05) is 49.4 Å². The molecule has 116 valence electrons. The lowest BCUT2D eigenvalue weighted by molar-refractivity contribution is 0.0625. The molecular weight excluding hydrogens is 302 g/mol. The minimum Gasteiger partial charge on any atom is -0.361 e. The minimum atomic E-state index is 0.0411. The van der Waals surface area contributed by atoms with Crippen molar-refractivity contribution in [3.63, 3.8) is 0 Å². The Morgan fingerprint density at radius 1 is 1.27 bits per heavy atom. The zero-order chi connectivity index (χ0) is 15.5. The van der Waals surface area contributed by atoms with Crippen molar-refractivity contribution in [2.24, 2.45) is 0 Å². The smallest absolute Gasteiger partial charge is 0.253 e. The average molecular weight is 320 g/mol. The van der Waals surface area contributed by atoms with Gasteiger partial charge in [0.25, 0.3) is 5.91 Å². The molecule has 6 heteroatoms. The Kier molecular flexibility index (Phi) is 4.45. The largest absolute Gasteiger partial charge is 0.361 e. The Bertz CT molecular complexity index is 663. The van der Waals surface area contributed by atoms with E-state index in [9.17, 15) is 4.79 Å². The highest BCUT2D eigenvalue weighted by Gasteiger charge is 2.22. The van der Waals surface area contributed by atoms with E-state index in [1.165, 1.54) is 0 Å². The molecule has 3 rings (SSSR count). The molecule has 1 saturated heterocycles. The molecule has 1 amide bonds. The summed E-state index contributed by atoms with van der Waals surface area (Å²) in [6, 6.07) is 9.05. The van der Waals surface area contributed by atoms with Gasteiger partial charge >= 0.3 is 0 Å². The Hall–Kier alpha value is -1.85. The summed E-state index contributed by atoms with van der Waals surface area (Å²) >= 11 is 5.95. The van der Waals surface area contributed by atoms with E-state index < -0.39 is 0 Å². The van der Waals surface area contributed by atoms with Crippen molar-refractivity contribution in [3.05, 3.63) is 52.4 Å². The van der Waals surface area contributed by atoms with E-state index in [1.54, 1.807) is 24.3 Å².